The number of hydrogen-bond acceptors (Lipinski definition) is 3. The van der Waals surface area contributed by atoms with Crippen molar-refractivity contribution in [3.05, 3.63) is 29.3 Å². The lowest BCUT2D eigenvalue weighted by molar-refractivity contribution is -0.130. The predicted octanol–water partition coefficient (Wildman–Crippen LogP) is 1.95. The molecule has 1 atom stereocenters. The number of carbonyl (C=O) groups is 2. The molecule has 2 rings (SSSR count). The quantitative estimate of drug-likeness (QED) is 0.904. The van der Waals surface area contributed by atoms with Gasteiger partial charge in [0.05, 0.1) is 0 Å². The highest BCUT2D eigenvalue weighted by Gasteiger charge is 2.23. The third-order valence-corrected chi connectivity index (χ3v) is 4.04. The largest absolute Gasteiger partial charge is 0.368 e. The lowest BCUT2D eigenvalue weighted by Gasteiger charge is -2.22. The van der Waals surface area contributed by atoms with Gasteiger partial charge in [0.25, 0.3) is 0 Å². The summed E-state index contributed by atoms with van der Waals surface area (Å²) in [7, 11) is 0. The summed E-state index contributed by atoms with van der Waals surface area (Å²) in [5.41, 5.74) is 3.20. The number of nitrogens with zero attached hydrogens (tertiary/aromatic N) is 1. The molecule has 120 valence electrons. The van der Waals surface area contributed by atoms with Crippen LogP contribution in [0.5, 0.6) is 0 Å². The van der Waals surface area contributed by atoms with E-state index in [0.29, 0.717) is 19.7 Å². The second-order valence-electron chi connectivity index (χ2n) is 5.73. The highest BCUT2D eigenvalue weighted by Crippen LogP contribution is 2.19. The molecule has 1 aliphatic heterocycles. The van der Waals surface area contributed by atoms with Crippen molar-refractivity contribution in [2.75, 3.05) is 24.6 Å². The first-order chi connectivity index (χ1) is 10.5. The summed E-state index contributed by atoms with van der Waals surface area (Å²) in [6.07, 6.45) is 1.38. The number of aryl methyl sites for hydroxylation is 2. The number of carbonyl (C=O) groups excluding carboxylic acids is 2. The van der Waals surface area contributed by atoms with Crippen LogP contribution in [-0.2, 0) is 14.3 Å². The summed E-state index contributed by atoms with van der Waals surface area (Å²) < 4.78 is 5.34. The van der Waals surface area contributed by atoms with E-state index in [1.807, 2.05) is 32.0 Å². The zero-order valence-electron chi connectivity index (χ0n) is 13.5. The molecule has 1 N–H and O–H groups in total. The minimum Gasteiger partial charge on any atom is -0.368 e. The van der Waals surface area contributed by atoms with E-state index in [1.165, 1.54) is 12.5 Å². The van der Waals surface area contributed by atoms with Crippen LogP contribution in [0.1, 0.15) is 30.9 Å². The SMILES string of the molecule is CC(=O)N(CCNC(=O)C1CCCO1)c1ccc(C)c(C)c1. The normalized spacial score (nSPS) is 17.3. The molecule has 0 aliphatic carbocycles. The van der Waals surface area contributed by atoms with Crippen LogP contribution in [0.25, 0.3) is 0 Å². The van der Waals surface area contributed by atoms with Crippen molar-refractivity contribution in [2.45, 2.75) is 39.7 Å². The molecule has 2 amide bonds. The molecule has 0 saturated carbocycles. The van der Waals surface area contributed by atoms with Gasteiger partial charge in [0.1, 0.15) is 6.10 Å². The van der Waals surface area contributed by atoms with E-state index in [2.05, 4.69) is 5.32 Å². The van der Waals surface area contributed by atoms with E-state index in [-0.39, 0.29) is 17.9 Å². The molecule has 1 unspecified atom stereocenters. The molecule has 5 heteroatoms. The standard InChI is InChI=1S/C17H24N2O3/c1-12-6-7-15(11-13(12)2)19(14(3)20)9-8-18-17(21)16-5-4-10-22-16/h6-7,11,16H,4-5,8-10H2,1-3H3,(H,18,21). The van der Waals surface area contributed by atoms with Crippen LogP contribution in [-0.4, -0.2) is 37.6 Å². The van der Waals surface area contributed by atoms with Crippen LogP contribution in [0.4, 0.5) is 5.69 Å². The zero-order valence-corrected chi connectivity index (χ0v) is 13.5. The summed E-state index contributed by atoms with van der Waals surface area (Å²) in [5.74, 6) is -0.115. The zero-order chi connectivity index (χ0) is 16.1. The Balaban J connectivity index is 1.93. The van der Waals surface area contributed by atoms with Crippen molar-refractivity contribution in [2.24, 2.45) is 0 Å². The molecule has 1 aromatic carbocycles. The summed E-state index contributed by atoms with van der Waals surface area (Å²) in [6.45, 7) is 7.13. The Labute approximate surface area is 131 Å². The van der Waals surface area contributed by atoms with E-state index in [9.17, 15) is 9.59 Å². The van der Waals surface area contributed by atoms with Crippen LogP contribution in [0.3, 0.4) is 0 Å². The lowest BCUT2D eigenvalue weighted by Crippen LogP contribution is -2.41. The van der Waals surface area contributed by atoms with Gasteiger partial charge in [-0.3, -0.25) is 9.59 Å². The lowest BCUT2D eigenvalue weighted by atomic mass is 10.1. The maximum absolute atomic E-state index is 11.9. The second kappa shape index (κ2) is 7.40. The van der Waals surface area contributed by atoms with Gasteiger partial charge in [-0.2, -0.15) is 0 Å². The molecular weight excluding hydrogens is 280 g/mol. The maximum Gasteiger partial charge on any atom is 0.249 e. The van der Waals surface area contributed by atoms with Gasteiger partial charge in [-0.15, -0.1) is 0 Å². The van der Waals surface area contributed by atoms with Gasteiger partial charge in [0.15, 0.2) is 0 Å². The van der Waals surface area contributed by atoms with Crippen LogP contribution in [0.15, 0.2) is 18.2 Å². The van der Waals surface area contributed by atoms with E-state index in [4.69, 9.17) is 4.74 Å². The van der Waals surface area contributed by atoms with Gasteiger partial charge in [0, 0.05) is 32.3 Å². The van der Waals surface area contributed by atoms with Gasteiger partial charge in [-0.1, -0.05) is 6.07 Å². The Bertz CT molecular complexity index is 551. The number of anilines is 1. The van der Waals surface area contributed by atoms with Gasteiger partial charge < -0.3 is 15.0 Å². The van der Waals surface area contributed by atoms with Crippen molar-refractivity contribution in [3.8, 4) is 0 Å². The highest BCUT2D eigenvalue weighted by atomic mass is 16.5. The smallest absolute Gasteiger partial charge is 0.249 e. The predicted molar refractivity (Wildman–Crippen MR) is 85.9 cm³/mol. The van der Waals surface area contributed by atoms with Crippen LogP contribution < -0.4 is 10.2 Å². The van der Waals surface area contributed by atoms with Gasteiger partial charge in [-0.25, -0.2) is 0 Å². The maximum atomic E-state index is 11.9. The van der Waals surface area contributed by atoms with Crippen LogP contribution >= 0.6 is 0 Å². The molecule has 0 spiro atoms. The first kappa shape index (κ1) is 16.5. The first-order valence-corrected chi connectivity index (χ1v) is 7.73. The number of ether oxygens (including phenoxy) is 1. The van der Waals surface area contributed by atoms with Gasteiger partial charge in [0.2, 0.25) is 11.8 Å². The highest BCUT2D eigenvalue weighted by molar-refractivity contribution is 5.91. The average molecular weight is 304 g/mol. The fraction of sp³-hybridized carbons (Fsp3) is 0.529. The molecule has 5 nitrogen and oxygen atoms in total. The molecule has 1 heterocycles. The Morgan fingerprint density at radius 2 is 2.09 bits per heavy atom. The van der Waals surface area contributed by atoms with Gasteiger partial charge >= 0.3 is 0 Å². The summed E-state index contributed by atoms with van der Waals surface area (Å²) in [5, 5.41) is 2.85. The number of rotatable bonds is 5. The third kappa shape index (κ3) is 4.07. The Morgan fingerprint density at radius 3 is 2.68 bits per heavy atom. The van der Waals surface area contributed by atoms with Crippen LogP contribution in [0.2, 0.25) is 0 Å². The summed E-state index contributed by atoms with van der Waals surface area (Å²) in [4.78, 5) is 25.4. The van der Waals surface area contributed by atoms with E-state index in [0.717, 1.165) is 24.1 Å². The van der Waals surface area contributed by atoms with Crippen molar-refractivity contribution in [3.63, 3.8) is 0 Å². The van der Waals surface area contributed by atoms with Crippen molar-refractivity contribution >= 4 is 17.5 Å². The Kier molecular flexibility index (Phi) is 5.55. The number of hydrogen-bond donors (Lipinski definition) is 1. The molecular formula is C17H24N2O3. The van der Waals surface area contributed by atoms with Crippen molar-refractivity contribution in [1.82, 2.24) is 5.32 Å². The fourth-order valence-corrected chi connectivity index (χ4v) is 2.55. The molecule has 1 aliphatic rings. The van der Waals surface area contributed by atoms with E-state index >= 15 is 0 Å². The molecule has 0 aromatic heterocycles. The monoisotopic (exact) mass is 304 g/mol. The van der Waals surface area contributed by atoms with Crippen molar-refractivity contribution in [1.29, 1.82) is 0 Å². The third-order valence-electron chi connectivity index (χ3n) is 4.04. The average Bonchev–Trinajstić information content (AvgIpc) is 3.00. The molecule has 1 aromatic rings. The molecule has 1 fully saturated rings. The first-order valence-electron chi connectivity index (χ1n) is 7.73. The number of benzene rings is 1. The second-order valence-corrected chi connectivity index (χ2v) is 5.73. The summed E-state index contributed by atoms with van der Waals surface area (Å²) in [6, 6.07) is 5.94. The molecule has 1 saturated heterocycles. The molecule has 0 radical (unpaired) electrons. The minimum atomic E-state index is -0.326. The Hall–Kier alpha value is -1.88. The molecule has 0 bridgehead atoms. The van der Waals surface area contributed by atoms with Crippen LogP contribution in [0, 0.1) is 13.8 Å². The van der Waals surface area contributed by atoms with E-state index < -0.39 is 0 Å². The topological polar surface area (TPSA) is 58.6 Å². The number of nitrogens with one attached hydrogen (secondary N) is 1. The van der Waals surface area contributed by atoms with E-state index in [1.54, 1.807) is 4.90 Å². The van der Waals surface area contributed by atoms with Crippen molar-refractivity contribution < 1.29 is 14.3 Å². The fourth-order valence-electron chi connectivity index (χ4n) is 2.55. The minimum absolute atomic E-state index is 0.0328. The molecule has 22 heavy (non-hydrogen) atoms. The summed E-state index contributed by atoms with van der Waals surface area (Å²) >= 11 is 0. The van der Waals surface area contributed by atoms with Gasteiger partial charge in [-0.05, 0) is 49.9 Å². The Morgan fingerprint density at radius 1 is 1.32 bits per heavy atom. The number of amides is 2.